The number of ether oxygens (including phenoxy) is 1. The Hall–Kier alpha value is -4.16. The number of carbonyl (C=O) groups is 1. The van der Waals surface area contributed by atoms with Crippen LogP contribution in [0.4, 0.5) is 17.1 Å². The molecular formula is C16H16N4O9. The van der Waals surface area contributed by atoms with E-state index in [2.05, 4.69) is 4.98 Å². The highest BCUT2D eigenvalue weighted by Gasteiger charge is 2.30. The van der Waals surface area contributed by atoms with Crippen LogP contribution in [0.2, 0.25) is 0 Å². The van der Waals surface area contributed by atoms with Crippen molar-refractivity contribution in [2.45, 2.75) is 26.4 Å². The Morgan fingerprint density at radius 1 is 1.14 bits per heavy atom. The molecule has 13 nitrogen and oxygen atoms in total. The smallest absolute Gasteiger partial charge is 0.339 e. The lowest BCUT2D eigenvalue weighted by atomic mass is 10.2. The third-order valence-corrected chi connectivity index (χ3v) is 3.44. The Balaban J connectivity index is 0.000000296. The summed E-state index contributed by atoms with van der Waals surface area (Å²) in [5.74, 6) is -1.51. The van der Waals surface area contributed by atoms with E-state index in [1.807, 2.05) is 13.8 Å². The number of nitro benzene ring substituents is 3. The van der Waals surface area contributed by atoms with Crippen molar-refractivity contribution >= 4 is 23.0 Å². The van der Waals surface area contributed by atoms with Gasteiger partial charge in [0, 0.05) is 12.4 Å². The minimum absolute atomic E-state index is 0.0345. The van der Waals surface area contributed by atoms with Crippen molar-refractivity contribution in [3.05, 3.63) is 72.6 Å². The number of hydrogen-bond acceptors (Lipinski definition) is 10. The van der Waals surface area contributed by atoms with Crippen LogP contribution in [-0.4, -0.2) is 36.9 Å². The maximum atomic E-state index is 11.4. The van der Waals surface area contributed by atoms with E-state index < -0.39 is 37.6 Å². The molecule has 13 heteroatoms. The molecule has 1 unspecified atom stereocenters. The average molecular weight is 408 g/mol. The van der Waals surface area contributed by atoms with Crippen LogP contribution in [-0.2, 0) is 4.74 Å². The molecule has 0 aliphatic heterocycles. The predicted octanol–water partition coefficient (Wildman–Crippen LogP) is 3.15. The molecule has 0 bridgehead atoms. The highest BCUT2D eigenvalue weighted by molar-refractivity contribution is 5.89. The van der Waals surface area contributed by atoms with Gasteiger partial charge in [0.2, 0.25) is 0 Å². The van der Waals surface area contributed by atoms with Crippen LogP contribution in [0.1, 0.15) is 30.6 Å². The van der Waals surface area contributed by atoms with Crippen molar-refractivity contribution in [2.75, 3.05) is 0 Å². The van der Waals surface area contributed by atoms with Crippen LogP contribution >= 0.6 is 0 Å². The van der Waals surface area contributed by atoms with Crippen LogP contribution in [0.25, 0.3) is 0 Å². The number of phenols is 1. The van der Waals surface area contributed by atoms with Gasteiger partial charge in [-0.05, 0) is 25.5 Å². The molecule has 1 heterocycles. The quantitative estimate of drug-likeness (QED) is 0.422. The maximum Gasteiger partial charge on any atom is 0.339 e. The molecule has 2 aromatic rings. The Bertz CT molecular complexity index is 883. The molecule has 1 aromatic heterocycles. The summed E-state index contributed by atoms with van der Waals surface area (Å²) < 4.78 is 5.11. The van der Waals surface area contributed by atoms with Crippen LogP contribution in [0.3, 0.4) is 0 Å². The molecule has 0 fully saturated rings. The molecule has 0 aliphatic rings. The molecule has 2 rings (SSSR count). The molecule has 0 radical (unpaired) electrons. The van der Waals surface area contributed by atoms with Gasteiger partial charge in [-0.3, -0.25) is 35.3 Å². The minimum Gasteiger partial charge on any atom is -0.497 e. The topological polar surface area (TPSA) is 189 Å². The first-order chi connectivity index (χ1) is 13.6. The Kier molecular flexibility index (Phi) is 8.08. The molecule has 0 aliphatic carbocycles. The number of nitro groups is 3. The van der Waals surface area contributed by atoms with Gasteiger partial charge in [0.15, 0.2) is 0 Å². The molecule has 0 saturated heterocycles. The van der Waals surface area contributed by atoms with Gasteiger partial charge < -0.3 is 9.84 Å². The number of phenolic OH excluding ortho intramolecular Hbond substituents is 1. The predicted molar refractivity (Wildman–Crippen MR) is 97.5 cm³/mol. The highest BCUT2D eigenvalue weighted by Crippen LogP contribution is 2.38. The second kappa shape index (κ2) is 10.2. The summed E-state index contributed by atoms with van der Waals surface area (Å²) in [4.78, 5) is 43.0. The van der Waals surface area contributed by atoms with Gasteiger partial charge in [-0.2, -0.15) is 0 Å². The van der Waals surface area contributed by atoms with Gasteiger partial charge in [-0.25, -0.2) is 4.79 Å². The number of pyridine rings is 1. The highest BCUT2D eigenvalue weighted by atomic mass is 16.6. The van der Waals surface area contributed by atoms with Crippen LogP contribution < -0.4 is 0 Å². The summed E-state index contributed by atoms with van der Waals surface area (Å²) in [7, 11) is 0. The van der Waals surface area contributed by atoms with E-state index in [4.69, 9.17) is 9.84 Å². The fourth-order valence-corrected chi connectivity index (χ4v) is 1.79. The monoisotopic (exact) mass is 408 g/mol. The number of non-ortho nitro benzene ring substituents is 1. The van der Waals surface area contributed by atoms with E-state index in [9.17, 15) is 35.1 Å². The summed E-state index contributed by atoms with van der Waals surface area (Å²) in [6.45, 7) is 3.84. The fraction of sp³-hybridized carbons (Fsp3) is 0.250. The fourth-order valence-electron chi connectivity index (χ4n) is 1.79. The Labute approximate surface area is 163 Å². The Morgan fingerprint density at radius 3 is 2.07 bits per heavy atom. The largest absolute Gasteiger partial charge is 0.497 e. The normalized spacial score (nSPS) is 10.8. The second-order valence-corrected chi connectivity index (χ2v) is 5.47. The van der Waals surface area contributed by atoms with E-state index in [0.29, 0.717) is 17.7 Å². The molecular weight excluding hydrogens is 392 g/mol. The number of aromatic hydroxyl groups is 1. The van der Waals surface area contributed by atoms with Gasteiger partial charge in [0.25, 0.3) is 11.4 Å². The minimum atomic E-state index is -1.21. The van der Waals surface area contributed by atoms with Crippen molar-refractivity contribution in [3.8, 4) is 5.75 Å². The van der Waals surface area contributed by atoms with Crippen molar-refractivity contribution in [3.63, 3.8) is 0 Å². The summed E-state index contributed by atoms with van der Waals surface area (Å²) in [5.41, 5.74) is -2.50. The molecule has 1 atom stereocenters. The third-order valence-electron chi connectivity index (χ3n) is 3.44. The van der Waals surface area contributed by atoms with E-state index >= 15 is 0 Å². The van der Waals surface area contributed by atoms with E-state index in [1.54, 1.807) is 18.3 Å². The number of benzene rings is 1. The molecule has 154 valence electrons. The number of aromatic nitrogens is 1. The molecule has 0 amide bonds. The van der Waals surface area contributed by atoms with Gasteiger partial charge in [0.1, 0.15) is 0 Å². The van der Waals surface area contributed by atoms with Crippen LogP contribution in [0.5, 0.6) is 5.75 Å². The molecule has 0 spiro atoms. The van der Waals surface area contributed by atoms with Crippen molar-refractivity contribution in [1.29, 1.82) is 0 Å². The molecule has 1 N–H and O–H groups in total. The summed E-state index contributed by atoms with van der Waals surface area (Å²) in [5, 5.41) is 40.2. The van der Waals surface area contributed by atoms with Crippen LogP contribution in [0.15, 0.2) is 36.7 Å². The summed E-state index contributed by atoms with van der Waals surface area (Å²) in [6.07, 6.45) is 3.92. The molecule has 29 heavy (non-hydrogen) atoms. The lowest BCUT2D eigenvalue weighted by Crippen LogP contribution is -2.13. The molecule has 1 aromatic carbocycles. The van der Waals surface area contributed by atoms with Crippen molar-refractivity contribution in [2.24, 2.45) is 0 Å². The molecule has 0 saturated carbocycles. The second-order valence-electron chi connectivity index (χ2n) is 5.47. The van der Waals surface area contributed by atoms with Crippen molar-refractivity contribution in [1.82, 2.24) is 4.98 Å². The summed E-state index contributed by atoms with van der Waals surface area (Å²) >= 11 is 0. The maximum absolute atomic E-state index is 11.4. The van der Waals surface area contributed by atoms with Gasteiger partial charge >= 0.3 is 17.3 Å². The van der Waals surface area contributed by atoms with E-state index in [0.717, 1.165) is 6.42 Å². The zero-order valence-corrected chi connectivity index (χ0v) is 15.3. The average Bonchev–Trinajstić information content (AvgIpc) is 2.68. The van der Waals surface area contributed by atoms with Crippen molar-refractivity contribution < 1.29 is 29.4 Å². The number of hydrogen-bond donors (Lipinski definition) is 1. The first-order valence-electron chi connectivity index (χ1n) is 7.99. The lowest BCUT2D eigenvalue weighted by Gasteiger charge is -2.09. The van der Waals surface area contributed by atoms with Gasteiger partial charge in [-0.1, -0.05) is 6.92 Å². The standard InChI is InChI=1S/C10H13NO2.C6H3N3O7/c1-3-8(2)13-10(12)9-5-4-6-11-7-9;10-6-4(8(13)14)1-3(7(11)12)2-5(6)9(15)16/h4-8H,3H2,1-2H3;1-2,10H. The first kappa shape index (κ1) is 22.9. The van der Waals surface area contributed by atoms with E-state index in [1.165, 1.54) is 6.20 Å². The SMILES string of the molecule is CCC(C)OC(=O)c1cccnc1.O=[N+]([O-])c1cc([N+](=O)[O-])c(O)c([N+](=O)[O-])c1. The van der Waals surface area contributed by atoms with E-state index in [-0.39, 0.29) is 12.1 Å². The van der Waals surface area contributed by atoms with Gasteiger partial charge in [-0.15, -0.1) is 0 Å². The summed E-state index contributed by atoms with van der Waals surface area (Å²) in [6, 6.07) is 4.30. The van der Waals surface area contributed by atoms with Gasteiger partial charge in [0.05, 0.1) is 38.6 Å². The lowest BCUT2D eigenvalue weighted by molar-refractivity contribution is -0.404. The number of esters is 1. The zero-order chi connectivity index (χ0) is 22.1. The Morgan fingerprint density at radius 2 is 1.69 bits per heavy atom. The number of rotatable bonds is 6. The van der Waals surface area contributed by atoms with Crippen LogP contribution in [0, 0.1) is 30.3 Å². The first-order valence-corrected chi connectivity index (χ1v) is 7.99. The number of carbonyl (C=O) groups excluding carboxylic acids is 1. The zero-order valence-electron chi connectivity index (χ0n) is 15.3. The number of nitrogens with zero attached hydrogens (tertiary/aromatic N) is 4. The third kappa shape index (κ3) is 6.50.